The lowest BCUT2D eigenvalue weighted by atomic mass is 10.2. The molecule has 0 saturated heterocycles. The van der Waals surface area contributed by atoms with E-state index in [1.165, 1.54) is 17.8 Å². The highest BCUT2D eigenvalue weighted by atomic mass is 32.2. The molecule has 0 aliphatic carbocycles. The molecular formula is C18H20F2N6OS. The Balaban J connectivity index is 1.71. The number of hydrogen-bond donors (Lipinski definition) is 2. The van der Waals surface area contributed by atoms with E-state index in [1.807, 2.05) is 6.26 Å². The third-order valence-corrected chi connectivity index (χ3v) is 4.54. The Bertz CT molecular complexity index is 994. The molecule has 0 unspecified atom stereocenters. The van der Waals surface area contributed by atoms with Crippen molar-refractivity contribution in [2.45, 2.75) is 25.0 Å². The molecule has 0 radical (unpaired) electrons. The highest BCUT2D eigenvalue weighted by Gasteiger charge is 2.13. The number of amides is 1. The predicted molar refractivity (Wildman–Crippen MR) is 105 cm³/mol. The lowest BCUT2D eigenvalue weighted by Gasteiger charge is -2.09. The lowest BCUT2D eigenvalue weighted by Crippen LogP contribution is -2.27. The number of benzene rings is 1. The highest BCUT2D eigenvalue weighted by molar-refractivity contribution is 7.98. The quantitative estimate of drug-likeness (QED) is 0.442. The van der Waals surface area contributed by atoms with E-state index in [1.54, 1.807) is 10.9 Å². The Kier molecular flexibility index (Phi) is 6.40. The monoisotopic (exact) mass is 406 g/mol. The molecular weight excluding hydrogens is 386 g/mol. The minimum Gasteiger partial charge on any atom is -0.369 e. The number of halogens is 2. The third-order valence-electron chi connectivity index (χ3n) is 3.99. The molecule has 10 heteroatoms. The van der Waals surface area contributed by atoms with Crippen LogP contribution in [0.1, 0.15) is 23.7 Å². The number of anilines is 1. The summed E-state index contributed by atoms with van der Waals surface area (Å²) in [7, 11) is 0. The fourth-order valence-electron chi connectivity index (χ4n) is 2.58. The van der Waals surface area contributed by atoms with Crippen LogP contribution in [-0.4, -0.2) is 45.0 Å². The largest absolute Gasteiger partial charge is 0.369 e. The average molecular weight is 406 g/mol. The number of aromatic nitrogens is 4. The number of carbonyl (C=O) groups excluding carboxylic acids is 1. The number of rotatable bonds is 8. The molecule has 0 fully saturated rings. The van der Waals surface area contributed by atoms with Crippen molar-refractivity contribution in [2.75, 3.05) is 24.7 Å². The van der Waals surface area contributed by atoms with Crippen LogP contribution in [0.15, 0.2) is 29.6 Å². The molecule has 3 aromatic rings. The number of thioether (sulfide) groups is 1. The van der Waals surface area contributed by atoms with Gasteiger partial charge in [-0.15, -0.1) is 0 Å². The zero-order chi connectivity index (χ0) is 20.1. The summed E-state index contributed by atoms with van der Waals surface area (Å²) in [5.41, 5.74) is 0.724. The van der Waals surface area contributed by atoms with Crippen LogP contribution < -0.4 is 10.6 Å². The van der Waals surface area contributed by atoms with E-state index in [0.29, 0.717) is 17.3 Å². The second-order valence-corrected chi connectivity index (χ2v) is 6.75. The van der Waals surface area contributed by atoms with Crippen LogP contribution in [0.2, 0.25) is 0 Å². The molecule has 0 spiro atoms. The van der Waals surface area contributed by atoms with Crippen LogP contribution in [0.3, 0.4) is 0 Å². The zero-order valence-electron chi connectivity index (χ0n) is 15.5. The highest BCUT2D eigenvalue weighted by Crippen LogP contribution is 2.23. The van der Waals surface area contributed by atoms with Gasteiger partial charge in [-0.05, 0) is 30.9 Å². The molecule has 0 atom stereocenters. The molecule has 1 amide bonds. The fraction of sp³-hybridized carbons (Fsp3) is 0.333. The van der Waals surface area contributed by atoms with Gasteiger partial charge in [0.15, 0.2) is 22.4 Å². The standard InChI is InChI=1S/C18H20F2N6OS/c1-3-6-21-15-12-10-23-26(16(12)25-18(24-15)28-2)8-7-22-17(27)11-4-5-13(19)14(20)9-11/h4-5,9-10H,3,6-8H2,1-2H3,(H,22,27)(H,21,24,25). The Morgan fingerprint density at radius 1 is 1.21 bits per heavy atom. The first-order chi connectivity index (χ1) is 13.5. The first kappa shape index (κ1) is 20.0. The summed E-state index contributed by atoms with van der Waals surface area (Å²) in [4.78, 5) is 21.1. The summed E-state index contributed by atoms with van der Waals surface area (Å²) < 4.78 is 27.9. The van der Waals surface area contributed by atoms with Gasteiger partial charge in [0.25, 0.3) is 5.91 Å². The second kappa shape index (κ2) is 8.96. The van der Waals surface area contributed by atoms with Crippen LogP contribution in [-0.2, 0) is 6.54 Å². The van der Waals surface area contributed by atoms with E-state index in [9.17, 15) is 13.6 Å². The molecule has 0 aliphatic heterocycles. The van der Waals surface area contributed by atoms with Crippen molar-refractivity contribution in [3.05, 3.63) is 41.6 Å². The summed E-state index contributed by atoms with van der Waals surface area (Å²) in [6, 6.07) is 3.04. The number of carbonyl (C=O) groups is 1. The van der Waals surface area contributed by atoms with E-state index >= 15 is 0 Å². The molecule has 2 N–H and O–H groups in total. The number of fused-ring (bicyclic) bond motifs is 1. The van der Waals surface area contributed by atoms with Crippen molar-refractivity contribution >= 4 is 34.5 Å². The van der Waals surface area contributed by atoms with Gasteiger partial charge in [0.1, 0.15) is 5.82 Å². The molecule has 3 rings (SSSR count). The SMILES string of the molecule is CCCNc1nc(SC)nc2c1cnn2CCNC(=O)c1ccc(F)c(F)c1. The van der Waals surface area contributed by atoms with Crippen molar-refractivity contribution in [2.24, 2.45) is 0 Å². The molecule has 0 aliphatic rings. The summed E-state index contributed by atoms with van der Waals surface area (Å²) in [5, 5.41) is 11.7. The van der Waals surface area contributed by atoms with Gasteiger partial charge >= 0.3 is 0 Å². The Hall–Kier alpha value is -2.75. The summed E-state index contributed by atoms with van der Waals surface area (Å²) >= 11 is 1.43. The van der Waals surface area contributed by atoms with Crippen molar-refractivity contribution in [3.8, 4) is 0 Å². The molecule has 148 valence electrons. The first-order valence-electron chi connectivity index (χ1n) is 8.78. The molecule has 7 nitrogen and oxygen atoms in total. The normalized spacial score (nSPS) is 11.0. The predicted octanol–water partition coefficient (Wildman–Crippen LogP) is 3.08. The fourth-order valence-corrected chi connectivity index (χ4v) is 2.94. The summed E-state index contributed by atoms with van der Waals surface area (Å²) in [5.74, 6) is -1.80. The first-order valence-corrected chi connectivity index (χ1v) is 10.0. The third kappa shape index (κ3) is 4.38. The van der Waals surface area contributed by atoms with Gasteiger partial charge in [0.05, 0.1) is 18.1 Å². The maximum atomic E-state index is 13.3. The van der Waals surface area contributed by atoms with E-state index < -0.39 is 17.5 Å². The summed E-state index contributed by atoms with van der Waals surface area (Å²) in [6.45, 7) is 3.48. The maximum absolute atomic E-state index is 13.3. The van der Waals surface area contributed by atoms with Crippen molar-refractivity contribution in [3.63, 3.8) is 0 Å². The maximum Gasteiger partial charge on any atom is 0.251 e. The average Bonchev–Trinajstić information content (AvgIpc) is 3.11. The van der Waals surface area contributed by atoms with Crippen molar-refractivity contribution in [1.29, 1.82) is 0 Å². The van der Waals surface area contributed by atoms with Gasteiger partial charge in [-0.2, -0.15) is 5.10 Å². The van der Waals surface area contributed by atoms with Crippen molar-refractivity contribution in [1.82, 2.24) is 25.1 Å². The Labute approximate surface area is 164 Å². The van der Waals surface area contributed by atoms with Gasteiger partial charge in [-0.3, -0.25) is 4.79 Å². The number of nitrogens with one attached hydrogen (secondary N) is 2. The van der Waals surface area contributed by atoms with E-state index in [0.717, 1.165) is 36.3 Å². The van der Waals surface area contributed by atoms with Crippen LogP contribution in [0, 0.1) is 11.6 Å². The van der Waals surface area contributed by atoms with Crippen molar-refractivity contribution < 1.29 is 13.6 Å². The number of nitrogens with zero attached hydrogens (tertiary/aromatic N) is 4. The van der Waals surface area contributed by atoms with Gasteiger partial charge in [0.2, 0.25) is 0 Å². The van der Waals surface area contributed by atoms with Crippen LogP contribution in [0.25, 0.3) is 11.0 Å². The van der Waals surface area contributed by atoms with Gasteiger partial charge in [-0.1, -0.05) is 18.7 Å². The lowest BCUT2D eigenvalue weighted by molar-refractivity contribution is 0.0951. The van der Waals surface area contributed by atoms with Crippen LogP contribution >= 0.6 is 11.8 Å². The van der Waals surface area contributed by atoms with Crippen LogP contribution in [0.5, 0.6) is 0 Å². The molecule has 2 aromatic heterocycles. The topological polar surface area (TPSA) is 84.7 Å². The van der Waals surface area contributed by atoms with Crippen LogP contribution in [0.4, 0.5) is 14.6 Å². The van der Waals surface area contributed by atoms with Gasteiger partial charge in [-0.25, -0.2) is 23.4 Å². The summed E-state index contributed by atoms with van der Waals surface area (Å²) in [6.07, 6.45) is 4.55. The Morgan fingerprint density at radius 3 is 2.75 bits per heavy atom. The molecule has 28 heavy (non-hydrogen) atoms. The molecule has 0 saturated carbocycles. The van der Waals surface area contributed by atoms with E-state index in [-0.39, 0.29) is 12.1 Å². The van der Waals surface area contributed by atoms with E-state index in [4.69, 9.17) is 0 Å². The number of hydrogen-bond acceptors (Lipinski definition) is 6. The molecule has 2 heterocycles. The second-order valence-electron chi connectivity index (χ2n) is 5.98. The zero-order valence-corrected chi connectivity index (χ0v) is 16.3. The molecule has 1 aromatic carbocycles. The minimum atomic E-state index is -1.06. The smallest absolute Gasteiger partial charge is 0.251 e. The van der Waals surface area contributed by atoms with Gasteiger partial charge in [0, 0.05) is 18.7 Å². The Morgan fingerprint density at radius 2 is 2.04 bits per heavy atom. The molecule has 0 bridgehead atoms. The minimum absolute atomic E-state index is 0.0577. The van der Waals surface area contributed by atoms with E-state index in [2.05, 4.69) is 32.6 Å². The van der Waals surface area contributed by atoms with Gasteiger partial charge < -0.3 is 10.6 Å².